The fourth-order valence-corrected chi connectivity index (χ4v) is 2.12. The quantitative estimate of drug-likeness (QED) is 0.789. The topological polar surface area (TPSA) is 26.3 Å². The van der Waals surface area contributed by atoms with Gasteiger partial charge in [0, 0.05) is 4.47 Å². The number of hydrogen-bond acceptors (Lipinski definition) is 2. The second kappa shape index (κ2) is 5.97. The first-order chi connectivity index (χ1) is 9.09. The van der Waals surface area contributed by atoms with Gasteiger partial charge in [-0.3, -0.25) is 0 Å². The summed E-state index contributed by atoms with van der Waals surface area (Å²) < 4.78 is 19.2. The molecule has 0 spiro atoms. The van der Waals surface area contributed by atoms with Gasteiger partial charge >= 0.3 is 5.97 Å². The molecule has 0 aliphatic heterocycles. The Hall–Kier alpha value is -1.68. The van der Waals surface area contributed by atoms with Crippen molar-refractivity contribution in [3.8, 4) is 0 Å². The molecule has 98 valence electrons. The molecule has 0 bridgehead atoms. The van der Waals surface area contributed by atoms with E-state index in [-0.39, 0.29) is 12.2 Å². The van der Waals surface area contributed by atoms with Crippen molar-refractivity contribution >= 4 is 21.9 Å². The van der Waals surface area contributed by atoms with Crippen LogP contribution in [0.2, 0.25) is 0 Å². The second-order valence-corrected chi connectivity index (χ2v) is 4.91. The van der Waals surface area contributed by atoms with Crippen molar-refractivity contribution in [3.63, 3.8) is 0 Å². The standard InChI is InChI=1S/C15H12BrFO2/c1-10-7-8-12(17)13(14(10)16)15(18)19-9-11-5-3-2-4-6-11/h2-8H,9H2,1H3. The highest BCUT2D eigenvalue weighted by molar-refractivity contribution is 9.10. The molecule has 2 rings (SSSR count). The molecule has 2 nitrogen and oxygen atoms in total. The minimum atomic E-state index is -0.670. The first kappa shape index (κ1) is 13.7. The molecule has 0 aliphatic rings. The highest BCUT2D eigenvalue weighted by Crippen LogP contribution is 2.25. The second-order valence-electron chi connectivity index (χ2n) is 4.11. The molecule has 0 radical (unpaired) electrons. The Morgan fingerprint density at radius 2 is 1.89 bits per heavy atom. The zero-order chi connectivity index (χ0) is 13.8. The molecule has 0 atom stereocenters. The van der Waals surface area contributed by atoms with Crippen molar-refractivity contribution in [2.75, 3.05) is 0 Å². The van der Waals surface area contributed by atoms with Gasteiger partial charge in [0.2, 0.25) is 0 Å². The summed E-state index contributed by atoms with van der Waals surface area (Å²) in [4.78, 5) is 11.9. The summed E-state index contributed by atoms with van der Waals surface area (Å²) >= 11 is 3.22. The Morgan fingerprint density at radius 1 is 1.21 bits per heavy atom. The van der Waals surface area contributed by atoms with Gasteiger partial charge in [0.1, 0.15) is 18.0 Å². The Labute approximate surface area is 119 Å². The highest BCUT2D eigenvalue weighted by Gasteiger charge is 2.18. The van der Waals surface area contributed by atoms with Crippen LogP contribution in [-0.2, 0) is 11.3 Å². The smallest absolute Gasteiger partial charge is 0.342 e. The van der Waals surface area contributed by atoms with E-state index >= 15 is 0 Å². The van der Waals surface area contributed by atoms with E-state index in [0.29, 0.717) is 4.47 Å². The first-order valence-corrected chi connectivity index (χ1v) is 6.54. The van der Waals surface area contributed by atoms with Crippen LogP contribution in [0, 0.1) is 12.7 Å². The molecule has 0 saturated heterocycles. The average molecular weight is 323 g/mol. The van der Waals surface area contributed by atoms with Gasteiger partial charge in [0.15, 0.2) is 0 Å². The molecule has 0 aromatic heterocycles. The number of rotatable bonds is 3. The van der Waals surface area contributed by atoms with Crippen LogP contribution in [0.5, 0.6) is 0 Å². The van der Waals surface area contributed by atoms with Gasteiger partial charge in [-0.25, -0.2) is 9.18 Å². The molecule has 2 aromatic carbocycles. The molecule has 2 aromatic rings. The number of esters is 1. The summed E-state index contributed by atoms with van der Waals surface area (Å²) in [5.74, 6) is -1.26. The third kappa shape index (κ3) is 3.20. The Bertz CT molecular complexity index is 597. The molecule has 0 N–H and O–H groups in total. The lowest BCUT2D eigenvalue weighted by Gasteiger charge is -2.09. The SMILES string of the molecule is Cc1ccc(F)c(C(=O)OCc2ccccc2)c1Br. The summed E-state index contributed by atoms with van der Waals surface area (Å²) in [7, 11) is 0. The molecular formula is C15H12BrFO2. The Kier molecular flexibility index (Phi) is 4.32. The van der Waals surface area contributed by atoms with Crippen LogP contribution in [0.15, 0.2) is 46.9 Å². The van der Waals surface area contributed by atoms with E-state index in [1.165, 1.54) is 6.07 Å². The molecule has 4 heteroatoms. The third-order valence-electron chi connectivity index (χ3n) is 2.70. The molecule has 0 unspecified atom stereocenters. The fourth-order valence-electron chi connectivity index (χ4n) is 1.64. The van der Waals surface area contributed by atoms with Gasteiger partial charge < -0.3 is 4.74 Å². The van der Waals surface area contributed by atoms with Gasteiger partial charge in [-0.2, -0.15) is 0 Å². The number of carbonyl (C=O) groups is 1. The van der Waals surface area contributed by atoms with Gasteiger partial charge in [-0.05, 0) is 40.0 Å². The van der Waals surface area contributed by atoms with Crippen LogP contribution >= 0.6 is 15.9 Å². The summed E-state index contributed by atoms with van der Waals surface area (Å²) in [6.07, 6.45) is 0. The van der Waals surface area contributed by atoms with E-state index in [9.17, 15) is 9.18 Å². The number of benzene rings is 2. The van der Waals surface area contributed by atoms with E-state index in [4.69, 9.17) is 4.74 Å². The normalized spacial score (nSPS) is 10.3. The van der Waals surface area contributed by atoms with Gasteiger partial charge in [0.05, 0.1) is 0 Å². The van der Waals surface area contributed by atoms with Crippen molar-refractivity contribution in [3.05, 3.63) is 69.4 Å². The van der Waals surface area contributed by atoms with Gasteiger partial charge in [-0.15, -0.1) is 0 Å². The molecule has 0 aliphatic carbocycles. The maximum Gasteiger partial charge on any atom is 0.342 e. The zero-order valence-electron chi connectivity index (χ0n) is 10.3. The van der Waals surface area contributed by atoms with Crippen LogP contribution in [0.25, 0.3) is 0 Å². The Balaban J connectivity index is 2.15. The lowest BCUT2D eigenvalue weighted by molar-refractivity contribution is 0.0466. The third-order valence-corrected chi connectivity index (χ3v) is 3.72. The van der Waals surface area contributed by atoms with Crippen molar-refractivity contribution in [1.29, 1.82) is 0 Å². The number of aryl methyl sites for hydroxylation is 1. The predicted octanol–water partition coefficient (Wildman–Crippen LogP) is 4.25. The van der Waals surface area contributed by atoms with E-state index in [1.807, 2.05) is 30.3 Å². The fraction of sp³-hybridized carbons (Fsp3) is 0.133. The summed E-state index contributed by atoms with van der Waals surface area (Å²) in [5.41, 5.74) is 1.59. The van der Waals surface area contributed by atoms with Crippen molar-refractivity contribution in [2.24, 2.45) is 0 Å². The minimum Gasteiger partial charge on any atom is -0.457 e. The molecule has 0 amide bonds. The van der Waals surface area contributed by atoms with E-state index in [2.05, 4.69) is 15.9 Å². The molecular weight excluding hydrogens is 311 g/mol. The van der Waals surface area contributed by atoms with Crippen molar-refractivity contribution in [2.45, 2.75) is 13.5 Å². The summed E-state index contributed by atoms with van der Waals surface area (Å²) in [5, 5.41) is 0. The van der Waals surface area contributed by atoms with E-state index in [0.717, 1.165) is 11.1 Å². The molecule has 19 heavy (non-hydrogen) atoms. The lowest BCUT2D eigenvalue weighted by Crippen LogP contribution is -2.09. The monoisotopic (exact) mass is 322 g/mol. The predicted molar refractivity (Wildman–Crippen MR) is 74.4 cm³/mol. The molecule has 0 heterocycles. The minimum absolute atomic E-state index is 0.0593. The van der Waals surface area contributed by atoms with Crippen LogP contribution < -0.4 is 0 Å². The van der Waals surface area contributed by atoms with E-state index in [1.54, 1.807) is 13.0 Å². The maximum absolute atomic E-state index is 13.7. The van der Waals surface area contributed by atoms with Crippen LogP contribution in [0.4, 0.5) is 4.39 Å². The lowest BCUT2D eigenvalue weighted by atomic mass is 10.1. The maximum atomic E-state index is 13.7. The number of ether oxygens (including phenoxy) is 1. The zero-order valence-corrected chi connectivity index (χ0v) is 11.9. The Morgan fingerprint density at radius 3 is 2.58 bits per heavy atom. The summed E-state index contributed by atoms with van der Waals surface area (Å²) in [6, 6.07) is 12.1. The molecule has 0 fully saturated rings. The van der Waals surface area contributed by atoms with Crippen LogP contribution in [0.3, 0.4) is 0 Å². The molecule has 0 saturated carbocycles. The van der Waals surface area contributed by atoms with Crippen LogP contribution in [-0.4, -0.2) is 5.97 Å². The first-order valence-electron chi connectivity index (χ1n) is 5.75. The van der Waals surface area contributed by atoms with Crippen molar-refractivity contribution < 1.29 is 13.9 Å². The average Bonchev–Trinajstić information content (AvgIpc) is 2.42. The number of halogens is 2. The highest BCUT2D eigenvalue weighted by atomic mass is 79.9. The van der Waals surface area contributed by atoms with E-state index < -0.39 is 11.8 Å². The summed E-state index contributed by atoms with van der Waals surface area (Å²) in [6.45, 7) is 1.91. The van der Waals surface area contributed by atoms with Gasteiger partial charge in [-0.1, -0.05) is 36.4 Å². The van der Waals surface area contributed by atoms with Crippen LogP contribution in [0.1, 0.15) is 21.5 Å². The number of carbonyl (C=O) groups excluding carboxylic acids is 1. The van der Waals surface area contributed by atoms with Gasteiger partial charge in [0.25, 0.3) is 0 Å². The largest absolute Gasteiger partial charge is 0.457 e. The number of hydrogen-bond donors (Lipinski definition) is 0. The van der Waals surface area contributed by atoms with Crippen molar-refractivity contribution in [1.82, 2.24) is 0 Å².